The summed E-state index contributed by atoms with van der Waals surface area (Å²) < 4.78 is 15.3. The highest BCUT2D eigenvalue weighted by molar-refractivity contribution is 5.67. The Labute approximate surface area is 96.0 Å². The van der Waals surface area contributed by atoms with Gasteiger partial charge in [0.05, 0.1) is 0 Å². The Hall–Kier alpha value is -2.15. The Morgan fingerprint density at radius 2 is 2.24 bits per heavy atom. The monoisotopic (exact) mass is 238 g/mol. The Balaban J connectivity index is 1.98. The van der Waals surface area contributed by atoms with Gasteiger partial charge in [-0.3, -0.25) is 0 Å². The van der Waals surface area contributed by atoms with Crippen LogP contribution in [0, 0.1) is 6.92 Å². The summed E-state index contributed by atoms with van der Waals surface area (Å²) in [6.07, 6.45) is 0. The van der Waals surface area contributed by atoms with E-state index in [0.29, 0.717) is 5.76 Å². The second-order valence-electron chi connectivity index (χ2n) is 3.30. The van der Waals surface area contributed by atoms with Gasteiger partial charge in [0.25, 0.3) is 5.89 Å². The van der Waals surface area contributed by atoms with Crippen LogP contribution in [0.3, 0.4) is 0 Å². The summed E-state index contributed by atoms with van der Waals surface area (Å²) in [5.74, 6) is 0.607. The van der Waals surface area contributed by atoms with Gasteiger partial charge in [0, 0.05) is 0 Å². The number of hydrogen-bond donors (Lipinski definition) is 1. The molecule has 0 atom stereocenters. The number of rotatable bonds is 5. The Morgan fingerprint density at radius 1 is 1.41 bits per heavy atom. The Bertz CT molecular complexity index is 516. The minimum absolute atomic E-state index is 0.0427. The van der Waals surface area contributed by atoms with Crippen LogP contribution in [0.1, 0.15) is 11.7 Å². The highest BCUT2D eigenvalue weighted by Crippen LogP contribution is 2.20. The molecule has 0 aliphatic rings. The van der Waals surface area contributed by atoms with Crippen molar-refractivity contribution in [3.63, 3.8) is 0 Å². The zero-order chi connectivity index (χ0) is 12.3. The molecule has 90 valence electrons. The fraction of sp³-hybridized carbons (Fsp3) is 0.300. The molecule has 0 amide bonds. The van der Waals surface area contributed by atoms with Gasteiger partial charge in [-0.2, -0.15) is 0 Å². The van der Waals surface area contributed by atoms with E-state index in [2.05, 4.69) is 10.2 Å². The van der Waals surface area contributed by atoms with Gasteiger partial charge in [-0.25, -0.2) is 4.79 Å². The van der Waals surface area contributed by atoms with Crippen molar-refractivity contribution in [3.05, 3.63) is 23.8 Å². The molecule has 2 rings (SSSR count). The summed E-state index contributed by atoms with van der Waals surface area (Å²) in [6.45, 7) is 1.35. The number of furan rings is 1. The summed E-state index contributed by atoms with van der Waals surface area (Å²) in [5, 5.41) is 15.8. The van der Waals surface area contributed by atoms with Crippen molar-refractivity contribution in [1.29, 1.82) is 0 Å². The van der Waals surface area contributed by atoms with E-state index in [4.69, 9.17) is 18.7 Å². The predicted molar refractivity (Wildman–Crippen MR) is 54.0 cm³/mol. The summed E-state index contributed by atoms with van der Waals surface area (Å²) in [5.41, 5.74) is 0. The minimum Gasteiger partial charge on any atom is -0.480 e. The number of hydrogen-bond acceptors (Lipinski definition) is 6. The number of ether oxygens (including phenoxy) is 1. The van der Waals surface area contributed by atoms with Gasteiger partial charge in [0.15, 0.2) is 5.76 Å². The highest BCUT2D eigenvalue weighted by atomic mass is 16.5. The fourth-order valence-electron chi connectivity index (χ4n) is 1.19. The topological polar surface area (TPSA) is 98.6 Å². The first-order valence-electron chi connectivity index (χ1n) is 4.84. The molecule has 2 aromatic rings. The van der Waals surface area contributed by atoms with Crippen LogP contribution in [-0.4, -0.2) is 27.9 Å². The number of carboxylic acid groups (broad SMARTS) is 1. The van der Waals surface area contributed by atoms with E-state index in [1.54, 1.807) is 19.1 Å². The van der Waals surface area contributed by atoms with Gasteiger partial charge in [-0.15, -0.1) is 10.2 Å². The third-order valence-corrected chi connectivity index (χ3v) is 1.87. The standard InChI is InChI=1S/C10H10N2O5/c1-6-2-3-7(16-6)10-12-11-8(17-10)4-15-5-9(13)14/h2-3H,4-5H2,1H3,(H,13,14). The molecule has 7 nitrogen and oxygen atoms in total. The summed E-state index contributed by atoms with van der Waals surface area (Å²) in [7, 11) is 0. The van der Waals surface area contributed by atoms with Gasteiger partial charge < -0.3 is 18.7 Å². The number of carbonyl (C=O) groups is 1. The Morgan fingerprint density at radius 3 is 2.88 bits per heavy atom. The first kappa shape index (κ1) is 11.3. The van der Waals surface area contributed by atoms with E-state index in [1.807, 2.05) is 0 Å². The van der Waals surface area contributed by atoms with E-state index in [-0.39, 0.29) is 18.4 Å². The zero-order valence-electron chi connectivity index (χ0n) is 9.04. The normalized spacial score (nSPS) is 10.6. The lowest BCUT2D eigenvalue weighted by Crippen LogP contribution is -2.06. The molecule has 0 aliphatic carbocycles. The molecule has 2 aromatic heterocycles. The van der Waals surface area contributed by atoms with Crippen molar-refractivity contribution in [1.82, 2.24) is 10.2 Å². The largest absolute Gasteiger partial charge is 0.480 e. The maximum atomic E-state index is 10.2. The van der Waals surface area contributed by atoms with Crippen LogP contribution < -0.4 is 0 Å². The smallest absolute Gasteiger partial charge is 0.329 e. The van der Waals surface area contributed by atoms with Gasteiger partial charge in [0.2, 0.25) is 5.89 Å². The third-order valence-electron chi connectivity index (χ3n) is 1.87. The molecule has 0 fully saturated rings. The summed E-state index contributed by atoms with van der Waals surface area (Å²) >= 11 is 0. The second kappa shape index (κ2) is 4.79. The number of aryl methyl sites for hydroxylation is 1. The number of aromatic nitrogens is 2. The molecule has 0 saturated carbocycles. The average molecular weight is 238 g/mol. The molecule has 0 unspecified atom stereocenters. The van der Waals surface area contributed by atoms with Crippen molar-refractivity contribution in [2.45, 2.75) is 13.5 Å². The second-order valence-corrected chi connectivity index (χ2v) is 3.30. The SMILES string of the molecule is Cc1ccc(-c2nnc(COCC(=O)O)o2)o1. The van der Waals surface area contributed by atoms with Gasteiger partial charge in [-0.1, -0.05) is 0 Å². The van der Waals surface area contributed by atoms with Crippen LogP contribution in [0.5, 0.6) is 0 Å². The van der Waals surface area contributed by atoms with Crippen LogP contribution in [0.2, 0.25) is 0 Å². The van der Waals surface area contributed by atoms with Crippen LogP contribution in [0.25, 0.3) is 11.7 Å². The maximum Gasteiger partial charge on any atom is 0.329 e. The van der Waals surface area contributed by atoms with Crippen molar-refractivity contribution < 1.29 is 23.5 Å². The predicted octanol–water partition coefficient (Wildman–Crippen LogP) is 1.24. The van der Waals surface area contributed by atoms with E-state index in [1.165, 1.54) is 0 Å². The van der Waals surface area contributed by atoms with Gasteiger partial charge in [-0.05, 0) is 19.1 Å². The van der Waals surface area contributed by atoms with Crippen molar-refractivity contribution in [2.24, 2.45) is 0 Å². The third kappa shape index (κ3) is 2.91. The molecule has 1 N–H and O–H groups in total. The molecule has 0 saturated heterocycles. The van der Waals surface area contributed by atoms with E-state index < -0.39 is 12.6 Å². The fourth-order valence-corrected chi connectivity index (χ4v) is 1.19. The lowest BCUT2D eigenvalue weighted by atomic mass is 10.4. The highest BCUT2D eigenvalue weighted by Gasteiger charge is 2.12. The van der Waals surface area contributed by atoms with Crippen molar-refractivity contribution >= 4 is 5.97 Å². The first-order valence-corrected chi connectivity index (χ1v) is 4.84. The van der Waals surface area contributed by atoms with Crippen LogP contribution in [0.4, 0.5) is 0 Å². The molecule has 0 radical (unpaired) electrons. The summed E-state index contributed by atoms with van der Waals surface area (Å²) in [6, 6.07) is 3.49. The Kier molecular flexibility index (Phi) is 3.20. The maximum absolute atomic E-state index is 10.2. The molecule has 17 heavy (non-hydrogen) atoms. The van der Waals surface area contributed by atoms with E-state index >= 15 is 0 Å². The van der Waals surface area contributed by atoms with Gasteiger partial charge >= 0.3 is 5.97 Å². The average Bonchev–Trinajstić information content (AvgIpc) is 2.86. The molecular formula is C10H10N2O5. The zero-order valence-corrected chi connectivity index (χ0v) is 9.04. The molecule has 0 spiro atoms. The first-order chi connectivity index (χ1) is 8.15. The van der Waals surface area contributed by atoms with Crippen molar-refractivity contribution in [3.8, 4) is 11.7 Å². The minimum atomic E-state index is -1.05. The quantitative estimate of drug-likeness (QED) is 0.836. The van der Waals surface area contributed by atoms with Crippen molar-refractivity contribution in [2.75, 3.05) is 6.61 Å². The van der Waals surface area contributed by atoms with Crippen LogP contribution in [-0.2, 0) is 16.1 Å². The lowest BCUT2D eigenvalue weighted by Gasteiger charge is -1.94. The molecule has 0 aromatic carbocycles. The van der Waals surface area contributed by atoms with E-state index in [9.17, 15) is 4.79 Å². The number of nitrogens with zero attached hydrogens (tertiary/aromatic N) is 2. The molecule has 2 heterocycles. The van der Waals surface area contributed by atoms with Crippen LogP contribution >= 0.6 is 0 Å². The van der Waals surface area contributed by atoms with E-state index in [0.717, 1.165) is 5.76 Å². The molecule has 0 bridgehead atoms. The lowest BCUT2D eigenvalue weighted by molar-refractivity contribution is -0.142. The summed E-state index contributed by atoms with van der Waals surface area (Å²) in [4.78, 5) is 10.2. The number of aliphatic carboxylic acids is 1. The van der Waals surface area contributed by atoms with Gasteiger partial charge in [0.1, 0.15) is 19.0 Å². The van der Waals surface area contributed by atoms with Crippen LogP contribution in [0.15, 0.2) is 21.0 Å². The molecular weight excluding hydrogens is 228 g/mol. The number of carboxylic acids is 1. The molecule has 0 aliphatic heterocycles. The molecule has 7 heteroatoms.